The van der Waals surface area contributed by atoms with Crippen molar-refractivity contribution in [2.75, 3.05) is 4.72 Å². The van der Waals surface area contributed by atoms with Crippen molar-refractivity contribution in [3.8, 4) is 5.75 Å². The zero-order valence-electron chi connectivity index (χ0n) is 11.4. The predicted molar refractivity (Wildman–Crippen MR) is 81.8 cm³/mol. The van der Waals surface area contributed by atoms with Crippen LogP contribution in [0.5, 0.6) is 5.75 Å². The van der Waals surface area contributed by atoms with E-state index in [4.69, 9.17) is 17.6 Å². The number of aromatic nitrogens is 1. The molecule has 0 fully saturated rings. The highest BCUT2D eigenvalue weighted by Crippen LogP contribution is 2.16. The van der Waals surface area contributed by atoms with Crippen LogP contribution in [0, 0.1) is 0 Å². The molecule has 0 aliphatic carbocycles. The summed E-state index contributed by atoms with van der Waals surface area (Å²) in [6, 6.07) is 8.02. The molecular formula is C13H12BN3O4S. The number of pyridine rings is 1. The molecule has 0 atom stereocenters. The topological polar surface area (TPSA) is 111 Å². The second kappa shape index (κ2) is 6.48. The minimum atomic E-state index is -3.83. The van der Waals surface area contributed by atoms with Crippen LogP contribution in [0.3, 0.4) is 0 Å². The average molecular weight is 317 g/mol. The number of hydrogen-bond acceptors (Lipinski definition) is 5. The van der Waals surface area contributed by atoms with Gasteiger partial charge in [0, 0.05) is 11.9 Å². The highest BCUT2D eigenvalue weighted by atomic mass is 32.2. The van der Waals surface area contributed by atoms with Gasteiger partial charge in [-0.05, 0) is 23.8 Å². The van der Waals surface area contributed by atoms with E-state index in [-0.39, 0.29) is 12.2 Å². The van der Waals surface area contributed by atoms with Crippen molar-refractivity contribution in [2.45, 2.75) is 6.61 Å². The minimum Gasteiger partial charge on any atom is -0.487 e. The number of amides is 1. The van der Waals surface area contributed by atoms with Gasteiger partial charge in [0.05, 0.1) is 11.8 Å². The summed E-state index contributed by atoms with van der Waals surface area (Å²) in [5.41, 5.74) is 6.43. The van der Waals surface area contributed by atoms with Crippen LogP contribution in [0.4, 0.5) is 5.69 Å². The van der Waals surface area contributed by atoms with Crippen LogP contribution in [0.25, 0.3) is 0 Å². The van der Waals surface area contributed by atoms with Gasteiger partial charge >= 0.3 is 0 Å². The summed E-state index contributed by atoms with van der Waals surface area (Å²) in [4.78, 5) is 14.9. The summed E-state index contributed by atoms with van der Waals surface area (Å²) in [6.45, 7) is 0.157. The van der Waals surface area contributed by atoms with E-state index >= 15 is 0 Å². The fraction of sp³-hybridized carbons (Fsp3) is 0.0769. The third kappa shape index (κ3) is 4.78. The molecule has 0 aliphatic heterocycles. The molecule has 112 valence electrons. The zero-order valence-corrected chi connectivity index (χ0v) is 12.2. The Kier molecular flexibility index (Phi) is 4.67. The maximum atomic E-state index is 11.1. The Morgan fingerprint density at radius 2 is 2.09 bits per heavy atom. The number of nitrogens with two attached hydrogens (primary N) is 1. The van der Waals surface area contributed by atoms with Crippen LogP contribution in [0.2, 0.25) is 0 Å². The lowest BCUT2D eigenvalue weighted by Gasteiger charge is -2.09. The van der Waals surface area contributed by atoms with E-state index in [1.807, 2.05) is 0 Å². The Morgan fingerprint density at radius 3 is 2.77 bits per heavy atom. The molecule has 7 nitrogen and oxygen atoms in total. The van der Waals surface area contributed by atoms with Gasteiger partial charge < -0.3 is 10.5 Å². The molecule has 0 bridgehead atoms. The lowest BCUT2D eigenvalue weighted by Crippen LogP contribution is -2.12. The van der Waals surface area contributed by atoms with Gasteiger partial charge in [-0.25, -0.2) is 8.42 Å². The van der Waals surface area contributed by atoms with Crippen molar-refractivity contribution in [1.29, 1.82) is 0 Å². The standard InChI is InChI=1S/C13H12BN3O4S/c14-22(19,20)17-11-3-1-2-9(4-11)8-21-12-5-10(13(15)18)6-16-7-12/h1-7,17H,8H2,(H2,15,18). The van der Waals surface area contributed by atoms with Crippen LogP contribution < -0.4 is 15.2 Å². The fourth-order valence-corrected chi connectivity index (χ4v) is 2.14. The first-order valence-electron chi connectivity index (χ1n) is 6.10. The number of primary amides is 1. The highest BCUT2D eigenvalue weighted by molar-refractivity contribution is 8.13. The van der Waals surface area contributed by atoms with Gasteiger partial charge in [-0.1, -0.05) is 12.1 Å². The van der Waals surface area contributed by atoms with E-state index in [0.717, 1.165) is 0 Å². The average Bonchev–Trinajstić information content (AvgIpc) is 2.44. The molecule has 1 amide bonds. The van der Waals surface area contributed by atoms with Crippen LogP contribution in [0.15, 0.2) is 42.7 Å². The molecule has 2 radical (unpaired) electrons. The summed E-state index contributed by atoms with van der Waals surface area (Å²) in [5, 5.41) is 0. The predicted octanol–water partition coefficient (Wildman–Crippen LogP) is 0.585. The van der Waals surface area contributed by atoms with E-state index in [9.17, 15) is 13.2 Å². The molecule has 0 spiro atoms. The summed E-state index contributed by atoms with van der Waals surface area (Å²) in [7, 11) is 1.08. The second-order valence-electron chi connectivity index (χ2n) is 4.41. The smallest absolute Gasteiger partial charge is 0.285 e. The Balaban J connectivity index is 2.07. The second-order valence-corrected chi connectivity index (χ2v) is 5.70. The maximum Gasteiger partial charge on any atom is 0.285 e. The molecule has 1 aromatic heterocycles. The van der Waals surface area contributed by atoms with Crippen LogP contribution >= 0.6 is 0 Å². The number of anilines is 1. The van der Waals surface area contributed by atoms with E-state index in [1.165, 1.54) is 18.5 Å². The SMILES string of the molecule is [B]S(=O)(=O)Nc1cccc(COc2cncc(C(N)=O)c2)c1. The van der Waals surface area contributed by atoms with Gasteiger partial charge in [0.1, 0.15) is 12.4 Å². The summed E-state index contributed by atoms with van der Waals surface area (Å²) < 4.78 is 29.6. The van der Waals surface area contributed by atoms with Gasteiger partial charge in [-0.3, -0.25) is 14.5 Å². The van der Waals surface area contributed by atoms with Crippen LogP contribution in [0.1, 0.15) is 15.9 Å². The molecule has 2 rings (SSSR count). The Morgan fingerprint density at radius 1 is 1.32 bits per heavy atom. The number of ether oxygens (including phenoxy) is 1. The van der Waals surface area contributed by atoms with Gasteiger partial charge in [0.15, 0.2) is 9.87 Å². The molecule has 0 aliphatic rings. The number of benzene rings is 1. The molecule has 0 unspecified atom stereocenters. The molecule has 3 N–H and O–H groups in total. The fourth-order valence-electron chi connectivity index (χ4n) is 1.69. The Labute approximate surface area is 128 Å². The van der Waals surface area contributed by atoms with Gasteiger partial charge in [0.25, 0.3) is 7.12 Å². The molecule has 0 saturated carbocycles. The highest BCUT2D eigenvalue weighted by Gasteiger charge is 2.05. The third-order valence-electron chi connectivity index (χ3n) is 2.59. The number of hydrogen-bond donors (Lipinski definition) is 2. The first-order chi connectivity index (χ1) is 10.3. The third-order valence-corrected chi connectivity index (χ3v) is 3.11. The van der Waals surface area contributed by atoms with Crippen molar-refractivity contribution >= 4 is 28.6 Å². The molecule has 9 heteroatoms. The first-order valence-corrected chi connectivity index (χ1v) is 7.65. The first kappa shape index (κ1) is 15.8. The lowest BCUT2D eigenvalue weighted by atomic mass is 10.2. The van der Waals surface area contributed by atoms with E-state index in [0.29, 0.717) is 17.0 Å². The summed E-state index contributed by atoms with van der Waals surface area (Å²) >= 11 is 0. The van der Waals surface area contributed by atoms with E-state index < -0.39 is 15.8 Å². The van der Waals surface area contributed by atoms with Crippen molar-refractivity contribution in [2.24, 2.45) is 5.73 Å². The van der Waals surface area contributed by atoms with Crippen molar-refractivity contribution < 1.29 is 17.9 Å². The largest absolute Gasteiger partial charge is 0.487 e. The zero-order chi connectivity index (χ0) is 16.2. The summed E-state index contributed by atoms with van der Waals surface area (Å²) in [6.07, 6.45) is 2.78. The lowest BCUT2D eigenvalue weighted by molar-refractivity contribution is 0.0999. The Hall–Kier alpha value is -2.55. The molecule has 22 heavy (non-hydrogen) atoms. The Bertz CT molecular complexity index is 795. The van der Waals surface area contributed by atoms with Crippen LogP contribution in [-0.2, 0) is 16.5 Å². The number of nitrogens with one attached hydrogen (secondary N) is 1. The molecule has 1 aromatic carbocycles. The van der Waals surface area contributed by atoms with Gasteiger partial charge in [-0.15, -0.1) is 0 Å². The minimum absolute atomic E-state index is 0.157. The van der Waals surface area contributed by atoms with Gasteiger partial charge in [0.2, 0.25) is 5.91 Å². The number of nitrogens with zero attached hydrogens (tertiary/aromatic N) is 1. The molecular weight excluding hydrogens is 305 g/mol. The number of rotatable bonds is 6. The number of carbonyl (C=O) groups is 1. The van der Waals surface area contributed by atoms with Crippen molar-refractivity contribution in [1.82, 2.24) is 4.98 Å². The van der Waals surface area contributed by atoms with Crippen molar-refractivity contribution in [3.63, 3.8) is 0 Å². The summed E-state index contributed by atoms with van der Waals surface area (Å²) in [5.74, 6) is -0.224. The normalized spacial score (nSPS) is 10.9. The monoisotopic (exact) mass is 317 g/mol. The van der Waals surface area contributed by atoms with E-state index in [1.54, 1.807) is 24.3 Å². The van der Waals surface area contributed by atoms with Crippen molar-refractivity contribution in [3.05, 3.63) is 53.9 Å². The molecule has 2 aromatic rings. The van der Waals surface area contributed by atoms with Crippen LogP contribution in [-0.4, -0.2) is 26.4 Å². The van der Waals surface area contributed by atoms with Gasteiger partial charge in [-0.2, -0.15) is 0 Å². The molecule has 0 saturated heterocycles. The number of carbonyl (C=O) groups excluding carboxylic acids is 1. The maximum absolute atomic E-state index is 11.1. The molecule has 1 heterocycles. The quantitative estimate of drug-likeness (QED) is 0.757. The van der Waals surface area contributed by atoms with E-state index in [2.05, 4.69) is 9.71 Å².